The summed E-state index contributed by atoms with van der Waals surface area (Å²) < 4.78 is 0. The van der Waals surface area contributed by atoms with Crippen molar-refractivity contribution in [2.75, 3.05) is 0 Å². The zero-order valence-electron chi connectivity index (χ0n) is 12.0. The minimum absolute atomic E-state index is 0.591. The van der Waals surface area contributed by atoms with E-state index in [2.05, 4.69) is 34.6 Å². The molecule has 0 nitrogen and oxygen atoms in total. The lowest BCUT2D eigenvalue weighted by atomic mass is 9.50. The van der Waals surface area contributed by atoms with Gasteiger partial charge in [0.05, 0.1) is 0 Å². The van der Waals surface area contributed by atoms with Gasteiger partial charge in [0.1, 0.15) is 0 Å². The van der Waals surface area contributed by atoms with Crippen molar-refractivity contribution in [1.82, 2.24) is 0 Å². The molecular formula is C16H30. The summed E-state index contributed by atoms with van der Waals surface area (Å²) in [6.07, 6.45) is 8.78. The van der Waals surface area contributed by atoms with E-state index in [9.17, 15) is 0 Å². The Morgan fingerprint density at radius 1 is 1.06 bits per heavy atom. The maximum Gasteiger partial charge on any atom is -0.0241 e. The first-order valence-electron chi connectivity index (χ1n) is 7.49. The quantitative estimate of drug-likeness (QED) is 0.596. The summed E-state index contributed by atoms with van der Waals surface area (Å²) in [7, 11) is 0. The van der Waals surface area contributed by atoms with Crippen LogP contribution in [-0.2, 0) is 0 Å². The monoisotopic (exact) mass is 222 g/mol. The highest BCUT2D eigenvalue weighted by Crippen LogP contribution is 2.65. The smallest absolute Gasteiger partial charge is 0.0241 e. The Morgan fingerprint density at radius 3 is 2.31 bits per heavy atom. The van der Waals surface area contributed by atoms with Gasteiger partial charge in [0, 0.05) is 0 Å². The SMILES string of the molecule is CCC1CC[C@]2(CC)C(C)CCC2C1(C)C. The molecule has 94 valence electrons. The van der Waals surface area contributed by atoms with Crippen LogP contribution in [0.3, 0.4) is 0 Å². The third kappa shape index (κ3) is 1.48. The van der Waals surface area contributed by atoms with Crippen LogP contribution in [0.4, 0.5) is 0 Å². The van der Waals surface area contributed by atoms with E-state index in [1.54, 1.807) is 0 Å². The lowest BCUT2D eigenvalue weighted by Crippen LogP contribution is -2.47. The Morgan fingerprint density at radius 2 is 1.75 bits per heavy atom. The van der Waals surface area contributed by atoms with E-state index < -0.39 is 0 Å². The molecule has 0 bridgehead atoms. The van der Waals surface area contributed by atoms with Crippen LogP contribution in [0.25, 0.3) is 0 Å². The van der Waals surface area contributed by atoms with Crippen molar-refractivity contribution in [2.45, 2.75) is 73.1 Å². The third-order valence-corrected chi connectivity index (χ3v) is 6.62. The number of hydrogen-bond acceptors (Lipinski definition) is 0. The molecule has 3 unspecified atom stereocenters. The van der Waals surface area contributed by atoms with Gasteiger partial charge < -0.3 is 0 Å². The Bertz CT molecular complexity index is 253. The lowest BCUT2D eigenvalue weighted by molar-refractivity contribution is -0.0554. The van der Waals surface area contributed by atoms with Crippen molar-refractivity contribution < 1.29 is 0 Å². The normalized spacial score (nSPS) is 46.7. The lowest BCUT2D eigenvalue weighted by Gasteiger charge is -2.55. The third-order valence-electron chi connectivity index (χ3n) is 6.62. The topological polar surface area (TPSA) is 0 Å². The van der Waals surface area contributed by atoms with Crippen molar-refractivity contribution in [2.24, 2.45) is 28.6 Å². The van der Waals surface area contributed by atoms with Crippen LogP contribution in [0.2, 0.25) is 0 Å². The van der Waals surface area contributed by atoms with E-state index in [4.69, 9.17) is 0 Å². The molecule has 4 atom stereocenters. The fourth-order valence-electron chi connectivity index (χ4n) is 5.47. The molecule has 2 aliphatic rings. The van der Waals surface area contributed by atoms with Crippen LogP contribution in [0.15, 0.2) is 0 Å². The second kappa shape index (κ2) is 4.03. The number of hydrogen-bond donors (Lipinski definition) is 0. The maximum absolute atomic E-state index is 2.56. The van der Waals surface area contributed by atoms with Crippen LogP contribution >= 0.6 is 0 Å². The predicted octanol–water partition coefficient (Wildman–Crippen LogP) is 5.28. The van der Waals surface area contributed by atoms with Crippen molar-refractivity contribution in [3.63, 3.8) is 0 Å². The van der Waals surface area contributed by atoms with Crippen molar-refractivity contribution in [3.8, 4) is 0 Å². The molecule has 0 radical (unpaired) electrons. The minimum atomic E-state index is 0.591. The van der Waals surface area contributed by atoms with Gasteiger partial charge in [-0.3, -0.25) is 0 Å². The molecule has 0 aliphatic heterocycles. The average molecular weight is 222 g/mol. The molecule has 0 saturated heterocycles. The number of fused-ring (bicyclic) bond motifs is 1. The van der Waals surface area contributed by atoms with Crippen molar-refractivity contribution in [3.05, 3.63) is 0 Å². The highest BCUT2D eigenvalue weighted by molar-refractivity contribution is 5.05. The van der Waals surface area contributed by atoms with E-state index >= 15 is 0 Å². The summed E-state index contributed by atoms with van der Waals surface area (Å²) in [6.45, 7) is 12.5. The van der Waals surface area contributed by atoms with Gasteiger partial charge in [-0.25, -0.2) is 0 Å². The van der Waals surface area contributed by atoms with Crippen molar-refractivity contribution >= 4 is 0 Å². The first-order valence-corrected chi connectivity index (χ1v) is 7.49. The molecule has 2 rings (SSSR count). The fraction of sp³-hybridized carbons (Fsp3) is 1.00. The minimum Gasteiger partial charge on any atom is -0.0651 e. The molecular weight excluding hydrogens is 192 g/mol. The highest BCUT2D eigenvalue weighted by Gasteiger charge is 2.56. The van der Waals surface area contributed by atoms with Gasteiger partial charge in [0.25, 0.3) is 0 Å². The van der Waals surface area contributed by atoms with Crippen LogP contribution in [0.1, 0.15) is 73.1 Å². The second-order valence-electron chi connectivity index (χ2n) is 7.08. The van der Waals surface area contributed by atoms with E-state index in [0.29, 0.717) is 10.8 Å². The van der Waals surface area contributed by atoms with Gasteiger partial charge in [0.15, 0.2) is 0 Å². The molecule has 0 aromatic heterocycles. The summed E-state index contributed by atoms with van der Waals surface area (Å²) >= 11 is 0. The summed E-state index contributed by atoms with van der Waals surface area (Å²) in [6, 6.07) is 0. The molecule has 0 aromatic rings. The van der Waals surface area contributed by atoms with Gasteiger partial charge in [0.2, 0.25) is 0 Å². The van der Waals surface area contributed by atoms with E-state index in [0.717, 1.165) is 17.8 Å². The van der Waals surface area contributed by atoms with Crippen LogP contribution < -0.4 is 0 Å². The Labute approximate surface area is 102 Å². The maximum atomic E-state index is 2.56. The molecule has 2 aliphatic carbocycles. The zero-order chi connectivity index (χ0) is 12.0. The van der Waals surface area contributed by atoms with Gasteiger partial charge >= 0.3 is 0 Å². The Hall–Kier alpha value is 0. The first kappa shape index (κ1) is 12.5. The van der Waals surface area contributed by atoms with Gasteiger partial charge in [-0.15, -0.1) is 0 Å². The fourth-order valence-corrected chi connectivity index (χ4v) is 5.47. The molecule has 2 saturated carbocycles. The van der Waals surface area contributed by atoms with Gasteiger partial charge in [-0.2, -0.15) is 0 Å². The van der Waals surface area contributed by atoms with Crippen molar-refractivity contribution in [1.29, 1.82) is 0 Å². The Balaban J connectivity index is 2.32. The molecule has 0 heteroatoms. The molecule has 2 fully saturated rings. The standard InChI is InChI=1S/C16H30/c1-6-13-10-11-16(7-2)12(3)8-9-14(16)15(13,4)5/h12-14H,6-11H2,1-5H3/t12?,13?,14?,16-/m1/s1. The average Bonchev–Trinajstić information content (AvgIpc) is 2.58. The predicted molar refractivity (Wildman–Crippen MR) is 71.4 cm³/mol. The van der Waals surface area contributed by atoms with E-state index in [1.807, 2.05) is 0 Å². The van der Waals surface area contributed by atoms with Gasteiger partial charge in [-0.05, 0) is 60.7 Å². The zero-order valence-corrected chi connectivity index (χ0v) is 12.0. The summed E-state index contributed by atoms with van der Waals surface area (Å²) in [5, 5.41) is 0. The Kier molecular flexibility index (Phi) is 3.14. The van der Waals surface area contributed by atoms with Crippen LogP contribution in [0.5, 0.6) is 0 Å². The highest BCUT2D eigenvalue weighted by atomic mass is 14.6. The summed E-state index contributed by atoms with van der Waals surface area (Å²) in [5.74, 6) is 2.95. The van der Waals surface area contributed by atoms with Crippen LogP contribution in [-0.4, -0.2) is 0 Å². The molecule has 0 spiro atoms. The van der Waals surface area contributed by atoms with E-state index in [-0.39, 0.29) is 0 Å². The molecule has 16 heavy (non-hydrogen) atoms. The molecule has 0 heterocycles. The summed E-state index contributed by atoms with van der Waals surface area (Å²) in [4.78, 5) is 0. The molecule has 0 N–H and O–H groups in total. The first-order chi connectivity index (χ1) is 7.49. The number of rotatable bonds is 2. The largest absolute Gasteiger partial charge is 0.0651 e. The van der Waals surface area contributed by atoms with E-state index in [1.165, 1.54) is 38.5 Å². The van der Waals surface area contributed by atoms with Crippen LogP contribution in [0, 0.1) is 28.6 Å². The summed E-state index contributed by atoms with van der Waals surface area (Å²) in [5.41, 5.74) is 1.29. The second-order valence-corrected chi connectivity index (χ2v) is 7.08. The molecule has 0 aromatic carbocycles. The van der Waals surface area contributed by atoms with Gasteiger partial charge in [-0.1, -0.05) is 41.0 Å². The molecule has 0 amide bonds.